The number of nitrogens with zero attached hydrogens (tertiary/aromatic N) is 5. The van der Waals surface area contributed by atoms with Gasteiger partial charge < -0.3 is 25.5 Å². The molecule has 2 aliphatic rings. The summed E-state index contributed by atoms with van der Waals surface area (Å²) in [4.78, 5) is 17.4. The molecule has 0 spiro atoms. The highest BCUT2D eigenvalue weighted by Gasteiger charge is 2.50. The van der Waals surface area contributed by atoms with Gasteiger partial charge in [-0.3, -0.25) is 4.98 Å². The first kappa shape index (κ1) is 21.3. The van der Waals surface area contributed by atoms with Crippen LogP contribution in [0.15, 0.2) is 48.6 Å². The molecule has 0 amide bonds. The summed E-state index contributed by atoms with van der Waals surface area (Å²) in [6, 6.07) is 5.63. The Labute approximate surface area is 200 Å². The maximum Gasteiger partial charge on any atom is 0.164 e. The maximum atomic E-state index is 6.33. The highest BCUT2D eigenvalue weighted by Crippen LogP contribution is 2.45. The van der Waals surface area contributed by atoms with Gasteiger partial charge in [0.2, 0.25) is 0 Å². The molecule has 174 valence electrons. The van der Waals surface area contributed by atoms with Gasteiger partial charge in [-0.05, 0) is 56.0 Å². The van der Waals surface area contributed by atoms with Gasteiger partial charge in [-0.25, -0.2) is 15.0 Å². The van der Waals surface area contributed by atoms with E-state index in [0.29, 0.717) is 16.7 Å². The number of ether oxygens (including phenoxy) is 2. The summed E-state index contributed by atoms with van der Waals surface area (Å²) in [6.07, 6.45) is 8.84. The minimum atomic E-state index is -0.671. The summed E-state index contributed by atoms with van der Waals surface area (Å²) in [5.41, 5.74) is 16.4. The van der Waals surface area contributed by atoms with E-state index in [1.54, 1.807) is 6.07 Å². The average Bonchev–Trinajstić information content (AvgIpc) is 3.45. The molecule has 0 unspecified atom stereocenters. The van der Waals surface area contributed by atoms with Gasteiger partial charge in [0.05, 0.1) is 27.5 Å². The monoisotopic (exact) mass is 477 g/mol. The predicted molar refractivity (Wildman–Crippen MR) is 130 cm³/mol. The van der Waals surface area contributed by atoms with E-state index in [0.717, 1.165) is 40.5 Å². The van der Waals surface area contributed by atoms with Gasteiger partial charge in [-0.2, -0.15) is 0 Å². The van der Waals surface area contributed by atoms with Crippen LogP contribution in [0.25, 0.3) is 22.1 Å². The Morgan fingerprint density at radius 1 is 1.06 bits per heavy atom. The van der Waals surface area contributed by atoms with Crippen molar-refractivity contribution in [2.75, 3.05) is 11.5 Å². The first-order valence-corrected chi connectivity index (χ1v) is 11.5. The van der Waals surface area contributed by atoms with Crippen LogP contribution in [-0.4, -0.2) is 42.5 Å². The molecule has 0 aromatic carbocycles. The van der Waals surface area contributed by atoms with Crippen molar-refractivity contribution >= 4 is 45.3 Å². The van der Waals surface area contributed by atoms with Crippen LogP contribution in [0.4, 0.5) is 11.6 Å². The van der Waals surface area contributed by atoms with E-state index in [2.05, 4.69) is 30.6 Å². The molecule has 5 heterocycles. The number of halogens is 1. The summed E-state index contributed by atoms with van der Waals surface area (Å²) in [6.45, 7) is 3.89. The van der Waals surface area contributed by atoms with Crippen molar-refractivity contribution in [1.29, 1.82) is 0 Å². The summed E-state index contributed by atoms with van der Waals surface area (Å²) in [7, 11) is 0. The van der Waals surface area contributed by atoms with E-state index in [9.17, 15) is 0 Å². The molecule has 4 aromatic rings. The van der Waals surface area contributed by atoms with Crippen LogP contribution in [0.3, 0.4) is 0 Å². The van der Waals surface area contributed by atoms with Crippen LogP contribution in [0.2, 0.25) is 5.02 Å². The fraction of sp³-hybridized carbons (Fsp3) is 0.333. The van der Waals surface area contributed by atoms with Crippen LogP contribution >= 0.6 is 11.6 Å². The van der Waals surface area contributed by atoms with Crippen LogP contribution in [0, 0.1) is 0 Å². The first-order valence-electron chi connectivity index (χ1n) is 11.1. The quantitative estimate of drug-likeness (QED) is 0.424. The van der Waals surface area contributed by atoms with E-state index in [1.807, 2.05) is 38.4 Å². The molecule has 3 atom stereocenters. The molecule has 1 saturated heterocycles. The Balaban J connectivity index is 1.31. The van der Waals surface area contributed by atoms with Gasteiger partial charge in [0.15, 0.2) is 5.79 Å². The number of nitrogens with two attached hydrogens (primary N) is 2. The van der Waals surface area contributed by atoms with E-state index < -0.39 is 5.79 Å². The number of rotatable bonds is 4. The molecule has 6 rings (SSSR count). The van der Waals surface area contributed by atoms with Crippen molar-refractivity contribution in [3.8, 4) is 0 Å². The van der Waals surface area contributed by atoms with Gasteiger partial charge in [-0.15, -0.1) is 0 Å². The molecule has 10 heteroatoms. The van der Waals surface area contributed by atoms with Crippen molar-refractivity contribution in [1.82, 2.24) is 24.5 Å². The molecule has 0 bridgehead atoms. The lowest BCUT2D eigenvalue weighted by molar-refractivity contribution is -0.147. The Morgan fingerprint density at radius 3 is 2.76 bits per heavy atom. The Hall–Kier alpha value is -3.27. The van der Waals surface area contributed by atoms with E-state index in [1.165, 1.54) is 11.9 Å². The fourth-order valence-corrected chi connectivity index (χ4v) is 5.08. The molecular formula is C24H24ClN7O2. The lowest BCUT2D eigenvalue weighted by atomic mass is 10.0. The molecule has 4 aromatic heterocycles. The number of hydrogen-bond donors (Lipinski definition) is 2. The topological polar surface area (TPSA) is 127 Å². The molecule has 0 radical (unpaired) electrons. The molecule has 9 nitrogen and oxygen atoms in total. The number of aromatic nitrogens is 5. The minimum Gasteiger partial charge on any atom is -0.383 e. The van der Waals surface area contributed by atoms with E-state index >= 15 is 0 Å². The third kappa shape index (κ3) is 3.48. The zero-order chi connectivity index (χ0) is 23.6. The molecular weight excluding hydrogens is 454 g/mol. The van der Waals surface area contributed by atoms with E-state index in [-0.39, 0.29) is 18.2 Å². The zero-order valence-corrected chi connectivity index (χ0v) is 19.5. The predicted octanol–water partition coefficient (Wildman–Crippen LogP) is 3.83. The second-order valence-electron chi connectivity index (χ2n) is 9.21. The van der Waals surface area contributed by atoms with Gasteiger partial charge in [0.25, 0.3) is 0 Å². The number of pyridine rings is 2. The van der Waals surface area contributed by atoms with Crippen molar-refractivity contribution < 1.29 is 9.47 Å². The summed E-state index contributed by atoms with van der Waals surface area (Å²) in [5, 5.41) is 1.24. The smallest absolute Gasteiger partial charge is 0.164 e. The molecule has 4 N–H and O–H groups in total. The summed E-state index contributed by atoms with van der Waals surface area (Å²) in [5.74, 6) is 0.0973. The third-order valence-electron chi connectivity index (χ3n) is 6.48. The normalized spacial score (nSPS) is 23.5. The number of nitrogen functional groups attached to an aromatic ring is 2. The van der Waals surface area contributed by atoms with Crippen LogP contribution in [0.1, 0.15) is 31.9 Å². The maximum absolute atomic E-state index is 6.33. The number of aryl methyl sites for hydroxylation is 1. The second kappa shape index (κ2) is 7.63. The third-order valence-corrected chi connectivity index (χ3v) is 6.79. The lowest BCUT2D eigenvalue weighted by Crippen LogP contribution is -2.27. The van der Waals surface area contributed by atoms with Gasteiger partial charge in [-0.1, -0.05) is 17.7 Å². The van der Waals surface area contributed by atoms with Gasteiger partial charge in [0.1, 0.15) is 35.8 Å². The molecule has 0 saturated carbocycles. The average molecular weight is 478 g/mol. The highest BCUT2D eigenvalue weighted by molar-refractivity contribution is 6.33. The molecule has 34 heavy (non-hydrogen) atoms. The number of anilines is 2. The summed E-state index contributed by atoms with van der Waals surface area (Å²) >= 11 is 6.07. The van der Waals surface area contributed by atoms with Crippen molar-refractivity contribution in [3.63, 3.8) is 0 Å². The Morgan fingerprint density at radius 2 is 1.91 bits per heavy atom. The van der Waals surface area contributed by atoms with Crippen LogP contribution in [0.5, 0.6) is 0 Å². The number of hydrogen-bond acceptors (Lipinski definition) is 8. The van der Waals surface area contributed by atoms with Gasteiger partial charge in [0, 0.05) is 12.4 Å². The minimum absolute atomic E-state index is 0.0630. The van der Waals surface area contributed by atoms with Crippen molar-refractivity contribution in [2.24, 2.45) is 0 Å². The number of fused-ring (bicyclic) bond motifs is 3. The molecule has 1 fully saturated rings. The fourth-order valence-electron chi connectivity index (χ4n) is 4.94. The first-order chi connectivity index (χ1) is 16.3. The van der Waals surface area contributed by atoms with Crippen LogP contribution in [-0.2, 0) is 15.9 Å². The van der Waals surface area contributed by atoms with Crippen molar-refractivity contribution in [2.45, 2.75) is 50.7 Å². The van der Waals surface area contributed by atoms with Crippen LogP contribution < -0.4 is 11.5 Å². The lowest BCUT2D eigenvalue weighted by Gasteiger charge is -2.22. The summed E-state index contributed by atoms with van der Waals surface area (Å²) < 4.78 is 14.7. The zero-order valence-electron chi connectivity index (χ0n) is 18.8. The standard InChI is InChI=1S/C24H24ClN7O2/c1-24(2)33-19-13(4-3-12-7-17-16(28-10-12)9-15(25)22(27)31-17)8-18(20(19)34-24)32-6-5-14-21(26)29-11-30-23(14)32/h5-11,18-20H,3-4H2,1-2H3,(H2,27,31)(H2,26,29,30)/t18-,19-,20+/m1/s1. The van der Waals surface area contributed by atoms with Gasteiger partial charge >= 0.3 is 0 Å². The highest BCUT2D eigenvalue weighted by atomic mass is 35.5. The Bertz CT molecular complexity index is 1460. The molecule has 1 aliphatic carbocycles. The Kier molecular flexibility index (Phi) is 4.77. The SMILES string of the molecule is CC1(C)O[C@@H]2[C@H](O1)C(CCc1cnc3cc(Cl)c(N)nc3c1)=C[C@H]2n1ccc2c(N)ncnc21. The molecule has 1 aliphatic heterocycles. The van der Waals surface area contributed by atoms with Crippen molar-refractivity contribution in [3.05, 3.63) is 59.2 Å². The largest absolute Gasteiger partial charge is 0.383 e. The second-order valence-corrected chi connectivity index (χ2v) is 9.62. The van der Waals surface area contributed by atoms with E-state index in [4.69, 9.17) is 32.5 Å².